The zero-order valence-electron chi connectivity index (χ0n) is 26.6. The minimum Gasteiger partial charge on any atom is -0.496 e. The normalized spacial score (nSPS) is 18.6. The number of imide groups is 2. The lowest BCUT2D eigenvalue weighted by Gasteiger charge is -2.36. The predicted octanol–water partition coefficient (Wildman–Crippen LogP) is 2.41. The summed E-state index contributed by atoms with van der Waals surface area (Å²) in [5, 5.41) is 2.23. The minimum atomic E-state index is -0.991. The number of anilines is 1. The molecule has 0 saturated carbocycles. The van der Waals surface area contributed by atoms with E-state index in [2.05, 4.69) is 15.1 Å². The van der Waals surface area contributed by atoms with Gasteiger partial charge in [0.15, 0.2) is 0 Å². The first-order valence-electron chi connectivity index (χ1n) is 15.3. The van der Waals surface area contributed by atoms with Crippen LogP contribution in [-0.2, 0) is 23.2 Å². The summed E-state index contributed by atoms with van der Waals surface area (Å²) in [7, 11) is 5.05. The van der Waals surface area contributed by atoms with Gasteiger partial charge in [0.1, 0.15) is 17.5 Å². The highest BCUT2D eigenvalue weighted by atomic mass is 16.5. The van der Waals surface area contributed by atoms with E-state index >= 15 is 0 Å². The molecule has 1 unspecified atom stereocenters. The number of piperazine rings is 1. The summed E-state index contributed by atoms with van der Waals surface area (Å²) in [4.78, 5) is 68.3. The molecular weight excluding hydrogens is 590 g/mol. The van der Waals surface area contributed by atoms with E-state index in [1.54, 1.807) is 38.0 Å². The number of carbonyl (C=O) groups is 4. The van der Waals surface area contributed by atoms with Gasteiger partial charge in [0.2, 0.25) is 11.8 Å². The predicted molar refractivity (Wildman–Crippen MR) is 170 cm³/mol. The molecule has 1 N–H and O–H groups in total. The number of hydrogen-bond acceptors (Lipinski definition) is 9. The van der Waals surface area contributed by atoms with Crippen molar-refractivity contribution in [1.29, 1.82) is 0 Å². The number of nitrogens with zero attached hydrogens (tertiary/aromatic N) is 4. The zero-order valence-corrected chi connectivity index (χ0v) is 26.6. The Hall–Kier alpha value is -4.97. The van der Waals surface area contributed by atoms with Crippen LogP contribution in [0.4, 0.5) is 5.69 Å². The number of amides is 4. The minimum absolute atomic E-state index is 0.0230. The van der Waals surface area contributed by atoms with Gasteiger partial charge in [0.05, 0.1) is 30.9 Å². The number of aromatic nitrogens is 1. The van der Waals surface area contributed by atoms with E-state index in [1.807, 2.05) is 38.1 Å². The molecule has 3 aliphatic heterocycles. The Labute approximate surface area is 266 Å². The first kappa shape index (κ1) is 31.0. The molecule has 1 atom stereocenters. The third-order valence-corrected chi connectivity index (χ3v) is 9.36. The number of pyridine rings is 1. The number of rotatable bonds is 7. The van der Waals surface area contributed by atoms with Crippen LogP contribution in [0.1, 0.15) is 50.4 Å². The van der Waals surface area contributed by atoms with Crippen molar-refractivity contribution in [3.63, 3.8) is 0 Å². The Morgan fingerprint density at radius 1 is 0.826 bits per heavy atom. The lowest BCUT2D eigenvalue weighted by atomic mass is 9.99. The third-order valence-electron chi connectivity index (χ3n) is 9.36. The summed E-state index contributed by atoms with van der Waals surface area (Å²) in [6.07, 6.45) is 0.200. The highest BCUT2D eigenvalue weighted by Crippen LogP contribution is 2.37. The molecule has 1 aromatic heterocycles. The quantitative estimate of drug-likeness (QED) is 0.393. The molecule has 6 rings (SSSR count). The maximum Gasteiger partial charge on any atom is 0.262 e. The van der Waals surface area contributed by atoms with Gasteiger partial charge in [-0.3, -0.25) is 39.1 Å². The average Bonchev–Trinajstić information content (AvgIpc) is 3.30. The lowest BCUT2D eigenvalue weighted by molar-refractivity contribution is -0.136. The van der Waals surface area contributed by atoms with Crippen LogP contribution in [0.5, 0.6) is 11.5 Å². The van der Waals surface area contributed by atoms with Crippen LogP contribution in [0.3, 0.4) is 0 Å². The van der Waals surface area contributed by atoms with Crippen LogP contribution >= 0.6 is 0 Å². The molecule has 12 nitrogen and oxygen atoms in total. The fraction of sp³-hybridized carbons (Fsp3) is 0.382. The molecular formula is C34H37N5O7. The molecule has 4 amide bonds. The van der Waals surface area contributed by atoms with E-state index < -0.39 is 29.7 Å². The van der Waals surface area contributed by atoms with E-state index in [1.165, 1.54) is 0 Å². The fourth-order valence-corrected chi connectivity index (χ4v) is 6.61. The Kier molecular flexibility index (Phi) is 8.15. The molecule has 12 heteroatoms. The molecule has 4 heterocycles. The van der Waals surface area contributed by atoms with Crippen molar-refractivity contribution in [2.24, 2.45) is 7.05 Å². The van der Waals surface area contributed by atoms with E-state index in [-0.39, 0.29) is 29.5 Å². The molecule has 240 valence electrons. The number of benzene rings is 2. The van der Waals surface area contributed by atoms with Gasteiger partial charge in [-0.1, -0.05) is 0 Å². The standard InChI is InChI=1S/C34H37N5O7/c1-19-14-24(20(2)36(3)32(19)42)21-15-28(45-4)26(29(16-21)46-5)18-37-10-12-38(13-11-37)22-6-7-23-25(17-22)34(44)39(33(23)43)27-8-9-30(40)35-31(27)41/h6-7,14-17,27H,8-13,18H2,1-5H3,(H,35,40,41). The fourth-order valence-electron chi connectivity index (χ4n) is 6.61. The van der Waals surface area contributed by atoms with Crippen LogP contribution in [0.15, 0.2) is 41.2 Å². The molecule has 0 radical (unpaired) electrons. The van der Waals surface area contributed by atoms with E-state index in [0.29, 0.717) is 36.7 Å². The van der Waals surface area contributed by atoms with Crippen LogP contribution in [0, 0.1) is 13.8 Å². The van der Waals surface area contributed by atoms with Crippen LogP contribution in [-0.4, -0.2) is 84.4 Å². The van der Waals surface area contributed by atoms with Gasteiger partial charge in [-0.25, -0.2) is 0 Å². The first-order chi connectivity index (χ1) is 22.0. The van der Waals surface area contributed by atoms with E-state index in [9.17, 15) is 24.0 Å². The highest BCUT2D eigenvalue weighted by Gasteiger charge is 2.44. The van der Waals surface area contributed by atoms with Crippen molar-refractivity contribution in [1.82, 2.24) is 19.7 Å². The molecule has 2 saturated heterocycles. The SMILES string of the molecule is COc1cc(-c2cc(C)c(=O)n(C)c2C)cc(OC)c1CN1CCN(c2ccc3c(c2)C(=O)N(C2CCC(=O)NC2=O)C3=O)CC1. The largest absolute Gasteiger partial charge is 0.496 e. The van der Waals surface area contributed by atoms with Crippen molar-refractivity contribution in [3.05, 3.63) is 74.7 Å². The molecule has 46 heavy (non-hydrogen) atoms. The second-order valence-electron chi connectivity index (χ2n) is 12.0. The first-order valence-corrected chi connectivity index (χ1v) is 15.3. The molecule has 3 aromatic rings. The van der Waals surface area contributed by atoms with Crippen LogP contribution < -0.4 is 25.2 Å². The average molecular weight is 628 g/mol. The second-order valence-corrected chi connectivity index (χ2v) is 12.0. The van der Waals surface area contributed by atoms with Crippen molar-refractivity contribution in [2.45, 2.75) is 39.3 Å². The number of methoxy groups -OCH3 is 2. The Bertz CT molecular complexity index is 1810. The molecule has 2 fully saturated rings. The van der Waals surface area contributed by atoms with Gasteiger partial charge in [0.25, 0.3) is 17.4 Å². The second kappa shape index (κ2) is 12.1. The maximum atomic E-state index is 13.3. The van der Waals surface area contributed by atoms with Gasteiger partial charge in [-0.2, -0.15) is 0 Å². The molecule has 3 aliphatic rings. The molecule has 0 bridgehead atoms. The molecule has 0 spiro atoms. The van der Waals surface area contributed by atoms with Gasteiger partial charge in [-0.05, 0) is 62.2 Å². The zero-order chi connectivity index (χ0) is 32.9. The van der Waals surface area contributed by atoms with Gasteiger partial charge < -0.3 is 18.9 Å². The Morgan fingerprint density at radius 3 is 2.11 bits per heavy atom. The van der Waals surface area contributed by atoms with Crippen molar-refractivity contribution < 1.29 is 28.7 Å². The molecule has 0 aliphatic carbocycles. The number of nitrogens with one attached hydrogen (secondary N) is 1. The van der Waals surface area contributed by atoms with E-state index in [0.717, 1.165) is 46.1 Å². The summed E-state index contributed by atoms with van der Waals surface area (Å²) >= 11 is 0. The van der Waals surface area contributed by atoms with Gasteiger partial charge in [0, 0.05) is 68.7 Å². The smallest absolute Gasteiger partial charge is 0.262 e. The third kappa shape index (κ3) is 5.32. The Balaban J connectivity index is 1.17. The number of piperidine rings is 1. The summed E-state index contributed by atoms with van der Waals surface area (Å²) < 4.78 is 13.3. The number of carbonyl (C=O) groups excluding carboxylic acids is 4. The topological polar surface area (TPSA) is 130 Å². The van der Waals surface area contributed by atoms with Crippen LogP contribution in [0.2, 0.25) is 0 Å². The molecule has 2 aromatic carbocycles. The van der Waals surface area contributed by atoms with Crippen molar-refractivity contribution in [2.75, 3.05) is 45.3 Å². The summed E-state index contributed by atoms with van der Waals surface area (Å²) in [6.45, 7) is 7.19. The summed E-state index contributed by atoms with van der Waals surface area (Å²) in [5.41, 5.74) is 5.62. The lowest BCUT2D eigenvalue weighted by Crippen LogP contribution is -2.54. The number of fused-ring (bicyclic) bond motifs is 1. The summed E-state index contributed by atoms with van der Waals surface area (Å²) in [5.74, 6) is -0.654. The van der Waals surface area contributed by atoms with Gasteiger partial charge >= 0.3 is 0 Å². The van der Waals surface area contributed by atoms with Gasteiger partial charge in [-0.15, -0.1) is 0 Å². The monoisotopic (exact) mass is 627 g/mol. The summed E-state index contributed by atoms with van der Waals surface area (Å²) in [6, 6.07) is 10.1. The maximum absolute atomic E-state index is 13.3. The van der Waals surface area contributed by atoms with Crippen LogP contribution in [0.25, 0.3) is 11.1 Å². The van der Waals surface area contributed by atoms with Crippen molar-refractivity contribution >= 4 is 29.3 Å². The number of ether oxygens (including phenoxy) is 2. The highest BCUT2D eigenvalue weighted by molar-refractivity contribution is 6.23. The number of aryl methyl sites for hydroxylation is 1. The Morgan fingerprint density at radius 2 is 1.48 bits per heavy atom. The van der Waals surface area contributed by atoms with Crippen molar-refractivity contribution in [3.8, 4) is 22.6 Å². The number of hydrogen-bond donors (Lipinski definition) is 1. The van der Waals surface area contributed by atoms with E-state index in [4.69, 9.17) is 9.47 Å².